The van der Waals surface area contributed by atoms with Gasteiger partial charge in [-0.05, 0) is 18.6 Å². The van der Waals surface area contributed by atoms with Crippen LogP contribution in [0.15, 0.2) is 4.99 Å². The zero-order valence-electron chi connectivity index (χ0n) is 12.3. The molecule has 2 aliphatic heterocycles. The van der Waals surface area contributed by atoms with Crippen molar-refractivity contribution in [1.29, 1.82) is 0 Å². The predicted octanol–water partition coefficient (Wildman–Crippen LogP) is 1.88. The Kier molecular flexibility index (Phi) is 8.37. The van der Waals surface area contributed by atoms with Crippen molar-refractivity contribution in [2.45, 2.75) is 30.6 Å². The summed E-state index contributed by atoms with van der Waals surface area (Å²) in [7, 11) is 1.83. The third kappa shape index (κ3) is 5.14. The molecule has 0 saturated carbocycles. The van der Waals surface area contributed by atoms with Gasteiger partial charge in [0.2, 0.25) is 0 Å². The molecule has 2 unspecified atom stereocenters. The zero-order valence-corrected chi connectivity index (χ0v) is 16.3. The van der Waals surface area contributed by atoms with Gasteiger partial charge in [-0.3, -0.25) is 4.99 Å². The summed E-state index contributed by atoms with van der Waals surface area (Å²) >= 11 is 3.89. The second-order valence-corrected chi connectivity index (χ2v) is 7.79. The second-order valence-electron chi connectivity index (χ2n) is 5.27. The van der Waals surface area contributed by atoms with Crippen molar-refractivity contribution in [3.63, 3.8) is 0 Å². The topological polar surface area (TPSA) is 47.9 Å². The van der Waals surface area contributed by atoms with E-state index in [0.29, 0.717) is 11.8 Å². The Hall–Kier alpha value is 0.660. The molecule has 2 N–H and O–H groups in total. The number of nitrogens with zero attached hydrogens (tertiary/aromatic N) is 2. The van der Waals surface area contributed by atoms with Crippen molar-refractivity contribution in [2.24, 2.45) is 4.99 Å². The highest BCUT2D eigenvalue weighted by Crippen LogP contribution is 2.27. The molecule has 0 aromatic rings. The maximum Gasteiger partial charge on any atom is 0.193 e. The van der Waals surface area contributed by atoms with Crippen molar-refractivity contribution in [3.8, 4) is 0 Å². The molecular formula is C13H26IN3OS2. The van der Waals surface area contributed by atoms with Gasteiger partial charge >= 0.3 is 0 Å². The van der Waals surface area contributed by atoms with Crippen LogP contribution in [0, 0.1) is 0 Å². The van der Waals surface area contributed by atoms with E-state index in [4.69, 9.17) is 0 Å². The minimum atomic E-state index is -0.546. The normalized spacial score (nSPS) is 31.1. The van der Waals surface area contributed by atoms with Gasteiger partial charge in [-0.1, -0.05) is 6.92 Å². The molecule has 4 nitrogen and oxygen atoms in total. The Morgan fingerprint density at radius 3 is 2.90 bits per heavy atom. The molecule has 118 valence electrons. The van der Waals surface area contributed by atoms with Gasteiger partial charge < -0.3 is 15.3 Å². The van der Waals surface area contributed by atoms with Crippen LogP contribution in [-0.2, 0) is 0 Å². The molecule has 0 radical (unpaired) electrons. The summed E-state index contributed by atoms with van der Waals surface area (Å²) < 4.78 is 0. The predicted molar refractivity (Wildman–Crippen MR) is 102 cm³/mol. The Labute approximate surface area is 147 Å². The average molecular weight is 431 g/mol. The maximum absolute atomic E-state index is 10.4. The Balaban J connectivity index is 0.00000200. The molecule has 0 bridgehead atoms. The first-order valence-electron chi connectivity index (χ1n) is 7.04. The lowest BCUT2D eigenvalue weighted by atomic mass is 10.0. The van der Waals surface area contributed by atoms with Crippen LogP contribution in [0.4, 0.5) is 0 Å². The largest absolute Gasteiger partial charge is 0.387 e. The van der Waals surface area contributed by atoms with Crippen LogP contribution in [0.25, 0.3) is 0 Å². The van der Waals surface area contributed by atoms with E-state index in [-0.39, 0.29) is 24.0 Å². The second kappa shape index (κ2) is 8.95. The van der Waals surface area contributed by atoms with Crippen molar-refractivity contribution in [1.82, 2.24) is 10.2 Å². The molecule has 7 heteroatoms. The number of rotatable bonds is 3. The number of nitrogens with one attached hydrogen (secondary N) is 1. The summed E-state index contributed by atoms with van der Waals surface area (Å²) in [5.74, 6) is 4.02. The summed E-state index contributed by atoms with van der Waals surface area (Å²) in [6, 6.07) is 0. The lowest BCUT2D eigenvalue weighted by molar-refractivity contribution is 0.0717. The zero-order chi connectivity index (χ0) is 13.7. The van der Waals surface area contributed by atoms with Crippen molar-refractivity contribution >= 4 is 53.5 Å². The van der Waals surface area contributed by atoms with Crippen molar-refractivity contribution in [2.75, 3.05) is 43.9 Å². The molecular weight excluding hydrogens is 405 g/mol. The SMILES string of the molecule is CCC1CN(C(=NC)NCC2(O)CCSC2)CCS1.I. The van der Waals surface area contributed by atoms with Gasteiger partial charge in [-0.25, -0.2) is 0 Å². The molecule has 20 heavy (non-hydrogen) atoms. The monoisotopic (exact) mass is 431 g/mol. The molecule has 2 atom stereocenters. The average Bonchev–Trinajstić information content (AvgIpc) is 2.87. The highest BCUT2D eigenvalue weighted by molar-refractivity contribution is 14.0. The lowest BCUT2D eigenvalue weighted by Crippen LogP contribution is -2.52. The van der Waals surface area contributed by atoms with Gasteiger partial charge in [-0.2, -0.15) is 23.5 Å². The highest BCUT2D eigenvalue weighted by atomic mass is 127. The van der Waals surface area contributed by atoms with E-state index < -0.39 is 5.60 Å². The van der Waals surface area contributed by atoms with Crippen molar-refractivity contribution < 1.29 is 5.11 Å². The van der Waals surface area contributed by atoms with E-state index in [0.717, 1.165) is 37.0 Å². The number of halogens is 1. The number of hydrogen-bond donors (Lipinski definition) is 2. The summed E-state index contributed by atoms with van der Waals surface area (Å²) in [4.78, 5) is 6.71. The van der Waals surface area contributed by atoms with Gasteiger partial charge in [0.1, 0.15) is 0 Å². The van der Waals surface area contributed by atoms with Gasteiger partial charge in [0.15, 0.2) is 5.96 Å². The summed E-state index contributed by atoms with van der Waals surface area (Å²) in [5.41, 5.74) is -0.546. The molecule has 2 rings (SSSR count). The van der Waals surface area contributed by atoms with E-state index >= 15 is 0 Å². The molecule has 0 aliphatic carbocycles. The summed E-state index contributed by atoms with van der Waals surface area (Å²) in [6.45, 7) is 4.98. The minimum Gasteiger partial charge on any atom is -0.387 e. The fraction of sp³-hybridized carbons (Fsp3) is 0.923. The number of aliphatic hydroxyl groups is 1. The molecule has 0 aromatic heterocycles. The van der Waals surface area contributed by atoms with E-state index in [1.807, 2.05) is 18.8 Å². The fourth-order valence-electron chi connectivity index (χ4n) is 2.47. The molecule has 0 spiro atoms. The van der Waals surface area contributed by atoms with Crippen molar-refractivity contribution in [3.05, 3.63) is 0 Å². The summed E-state index contributed by atoms with van der Waals surface area (Å²) in [6.07, 6.45) is 2.09. The van der Waals surface area contributed by atoms with Crippen LogP contribution >= 0.6 is 47.5 Å². The summed E-state index contributed by atoms with van der Waals surface area (Å²) in [5, 5.41) is 14.4. The first-order chi connectivity index (χ1) is 9.17. The number of hydrogen-bond acceptors (Lipinski definition) is 4. The van der Waals surface area contributed by atoms with Gasteiger partial charge in [0.25, 0.3) is 0 Å². The third-order valence-electron chi connectivity index (χ3n) is 3.76. The molecule has 2 aliphatic rings. The molecule has 2 saturated heterocycles. The molecule has 2 fully saturated rings. The maximum atomic E-state index is 10.4. The fourth-order valence-corrected chi connectivity index (χ4v) is 4.95. The van der Waals surface area contributed by atoms with Gasteiger partial charge in [-0.15, -0.1) is 24.0 Å². The van der Waals surface area contributed by atoms with Gasteiger partial charge in [0, 0.05) is 43.4 Å². The standard InChI is InChI=1S/C13H25N3OS2.HI/c1-3-11-8-16(5-7-19-11)12(14-2)15-9-13(17)4-6-18-10-13;/h11,17H,3-10H2,1-2H3,(H,14,15);1H. The van der Waals surface area contributed by atoms with Crippen LogP contribution in [0.2, 0.25) is 0 Å². The Morgan fingerprint density at radius 1 is 1.50 bits per heavy atom. The number of aliphatic imine (C=N–C) groups is 1. The van der Waals surface area contributed by atoms with E-state index in [2.05, 4.69) is 33.9 Å². The quantitative estimate of drug-likeness (QED) is 0.406. The van der Waals surface area contributed by atoms with E-state index in [9.17, 15) is 5.11 Å². The number of thioether (sulfide) groups is 2. The minimum absolute atomic E-state index is 0. The molecule has 0 amide bonds. The van der Waals surface area contributed by atoms with Crippen LogP contribution in [-0.4, -0.2) is 70.8 Å². The Bertz CT molecular complexity index is 325. The molecule has 2 heterocycles. The Morgan fingerprint density at radius 2 is 2.30 bits per heavy atom. The van der Waals surface area contributed by atoms with E-state index in [1.165, 1.54) is 12.2 Å². The third-order valence-corrected chi connectivity index (χ3v) is 6.37. The molecule has 0 aromatic carbocycles. The van der Waals surface area contributed by atoms with Crippen LogP contribution in [0.3, 0.4) is 0 Å². The van der Waals surface area contributed by atoms with Crippen LogP contribution < -0.4 is 5.32 Å². The smallest absolute Gasteiger partial charge is 0.193 e. The highest BCUT2D eigenvalue weighted by Gasteiger charge is 2.32. The first kappa shape index (κ1) is 18.7. The van der Waals surface area contributed by atoms with Crippen LogP contribution in [0.5, 0.6) is 0 Å². The lowest BCUT2D eigenvalue weighted by Gasteiger charge is -2.35. The van der Waals surface area contributed by atoms with Crippen LogP contribution in [0.1, 0.15) is 19.8 Å². The first-order valence-corrected chi connectivity index (χ1v) is 9.24. The van der Waals surface area contributed by atoms with Gasteiger partial charge in [0.05, 0.1) is 5.60 Å². The number of guanidine groups is 1. The van der Waals surface area contributed by atoms with E-state index in [1.54, 1.807) is 0 Å².